The quantitative estimate of drug-likeness (QED) is 0.764. The summed E-state index contributed by atoms with van der Waals surface area (Å²) < 4.78 is 30.2. The Bertz CT molecular complexity index is 707. The normalized spacial score (nSPS) is 11.5. The summed E-state index contributed by atoms with van der Waals surface area (Å²) in [6.07, 6.45) is 0. The van der Waals surface area contributed by atoms with E-state index in [1.807, 2.05) is 13.8 Å². The summed E-state index contributed by atoms with van der Waals surface area (Å²) in [5.74, 6) is -0.438. The van der Waals surface area contributed by atoms with Crippen LogP contribution in [0.1, 0.15) is 25.3 Å². The number of hydrogen-bond donors (Lipinski definition) is 1. The van der Waals surface area contributed by atoms with Gasteiger partial charge in [-0.05, 0) is 43.8 Å². The van der Waals surface area contributed by atoms with Gasteiger partial charge < -0.3 is 10.1 Å². The first kappa shape index (κ1) is 20.0. The van der Waals surface area contributed by atoms with Crippen molar-refractivity contribution in [1.82, 2.24) is 10.2 Å². The number of nitrogens with one attached hydrogen (secondary N) is 1. The Balaban J connectivity index is 3.26. The predicted molar refractivity (Wildman–Crippen MR) is 95.6 cm³/mol. The Morgan fingerprint density at radius 3 is 2.33 bits per heavy atom. The molecule has 1 rings (SSSR count). The van der Waals surface area contributed by atoms with Crippen molar-refractivity contribution >= 4 is 33.7 Å². The van der Waals surface area contributed by atoms with E-state index in [1.54, 1.807) is 38.4 Å². The standard InChI is InChI=1S/C15H21N3O4S2/c1-10(2)18(15(23)16-3)14(19)13(9-17-24(20)21)11-5-7-12(22-4)8-6-11/h5-8,10,13H,9H2,1-4H3,(H,16,23). The average molecular weight is 371 g/mol. The average Bonchev–Trinajstić information content (AvgIpc) is 2.54. The third-order valence-electron chi connectivity index (χ3n) is 3.37. The Labute approximate surface area is 148 Å². The molecule has 24 heavy (non-hydrogen) atoms. The van der Waals surface area contributed by atoms with Gasteiger partial charge in [0.2, 0.25) is 5.91 Å². The molecule has 0 aliphatic heterocycles. The van der Waals surface area contributed by atoms with Gasteiger partial charge in [-0.1, -0.05) is 12.1 Å². The maximum Gasteiger partial charge on any atom is 0.311 e. The summed E-state index contributed by atoms with van der Waals surface area (Å²) in [6.45, 7) is 3.47. The van der Waals surface area contributed by atoms with Crippen LogP contribution < -0.4 is 10.1 Å². The molecule has 0 saturated carbocycles. The molecule has 0 fully saturated rings. The van der Waals surface area contributed by atoms with E-state index in [2.05, 4.69) is 9.68 Å². The molecule has 0 spiro atoms. The summed E-state index contributed by atoms with van der Waals surface area (Å²) >= 11 is 5.20. The topological polar surface area (TPSA) is 88.1 Å². The highest BCUT2D eigenvalue weighted by molar-refractivity contribution is 7.80. The summed E-state index contributed by atoms with van der Waals surface area (Å²) in [4.78, 5) is 14.4. The fourth-order valence-electron chi connectivity index (χ4n) is 2.18. The predicted octanol–water partition coefficient (Wildman–Crippen LogP) is 1.58. The number of rotatable bonds is 6. The number of thiocarbonyl (C=S) groups is 1. The molecule has 0 heterocycles. The van der Waals surface area contributed by atoms with E-state index in [4.69, 9.17) is 17.0 Å². The van der Waals surface area contributed by atoms with Crippen LogP contribution in [0.3, 0.4) is 0 Å². The van der Waals surface area contributed by atoms with Gasteiger partial charge in [-0.15, -0.1) is 0 Å². The van der Waals surface area contributed by atoms with E-state index in [-0.39, 0.29) is 23.6 Å². The number of hydrogen-bond acceptors (Lipinski definition) is 6. The van der Waals surface area contributed by atoms with Crippen LogP contribution in [0.25, 0.3) is 0 Å². The molecule has 0 saturated heterocycles. The van der Waals surface area contributed by atoms with Crippen LogP contribution in [0.2, 0.25) is 0 Å². The van der Waals surface area contributed by atoms with Gasteiger partial charge in [0, 0.05) is 13.1 Å². The molecule has 0 aliphatic rings. The highest BCUT2D eigenvalue weighted by Gasteiger charge is 2.30. The molecule has 0 aromatic heterocycles. The first-order valence-corrected chi connectivity index (χ1v) is 8.71. The lowest BCUT2D eigenvalue weighted by Crippen LogP contribution is -2.48. The minimum atomic E-state index is -2.59. The van der Waals surface area contributed by atoms with Crippen LogP contribution in [0.4, 0.5) is 0 Å². The van der Waals surface area contributed by atoms with Gasteiger partial charge in [0.05, 0.1) is 19.6 Å². The van der Waals surface area contributed by atoms with Crippen LogP contribution >= 0.6 is 12.2 Å². The van der Waals surface area contributed by atoms with E-state index in [0.717, 1.165) is 0 Å². The number of benzene rings is 1. The van der Waals surface area contributed by atoms with Crippen molar-refractivity contribution < 1.29 is 17.9 Å². The Kier molecular flexibility index (Phi) is 7.80. The third kappa shape index (κ3) is 5.27. The fraction of sp³-hybridized carbons (Fsp3) is 0.467. The zero-order valence-corrected chi connectivity index (χ0v) is 15.6. The van der Waals surface area contributed by atoms with Crippen LogP contribution in [0, 0.1) is 0 Å². The van der Waals surface area contributed by atoms with E-state index in [1.165, 1.54) is 4.90 Å². The molecule has 1 amide bonds. The lowest BCUT2D eigenvalue weighted by molar-refractivity contribution is -0.129. The van der Waals surface area contributed by atoms with Gasteiger partial charge in [0.15, 0.2) is 5.11 Å². The molecular formula is C15H21N3O4S2. The molecule has 1 unspecified atom stereocenters. The molecule has 132 valence electrons. The molecule has 9 heteroatoms. The van der Waals surface area contributed by atoms with Gasteiger partial charge in [-0.2, -0.15) is 12.8 Å². The zero-order valence-electron chi connectivity index (χ0n) is 14.0. The smallest absolute Gasteiger partial charge is 0.311 e. The monoisotopic (exact) mass is 371 g/mol. The Morgan fingerprint density at radius 2 is 1.92 bits per heavy atom. The minimum absolute atomic E-state index is 0.184. The van der Waals surface area contributed by atoms with E-state index >= 15 is 0 Å². The van der Waals surface area contributed by atoms with Gasteiger partial charge in [0.25, 0.3) is 0 Å². The summed E-state index contributed by atoms with van der Waals surface area (Å²) in [5.41, 5.74) is 0.638. The van der Waals surface area contributed by atoms with Crippen molar-refractivity contribution in [2.75, 3.05) is 20.7 Å². The fourth-order valence-corrected chi connectivity index (χ4v) is 2.75. The largest absolute Gasteiger partial charge is 0.497 e. The van der Waals surface area contributed by atoms with Crippen LogP contribution in [0.15, 0.2) is 28.6 Å². The second kappa shape index (κ2) is 9.33. The summed E-state index contributed by atoms with van der Waals surface area (Å²) in [5, 5.41) is 3.06. The van der Waals surface area contributed by atoms with Gasteiger partial charge in [-0.3, -0.25) is 9.69 Å². The molecule has 7 nitrogen and oxygen atoms in total. The molecule has 0 radical (unpaired) electrons. The van der Waals surface area contributed by atoms with Crippen LogP contribution in [0.5, 0.6) is 5.75 Å². The number of methoxy groups -OCH3 is 1. The zero-order chi connectivity index (χ0) is 18.3. The third-order valence-corrected chi connectivity index (χ3v) is 4.13. The summed E-state index contributed by atoms with van der Waals surface area (Å²) in [7, 11) is 0.583. The number of carbonyl (C=O) groups excluding carboxylic acids is 1. The SMILES string of the molecule is CNC(=S)N(C(=O)C(CN=S(=O)=O)c1ccc(OC)cc1)C(C)C. The maximum absolute atomic E-state index is 13.0. The van der Waals surface area contributed by atoms with E-state index in [0.29, 0.717) is 11.3 Å². The number of nitrogens with zero attached hydrogens (tertiary/aromatic N) is 2. The first-order chi connectivity index (χ1) is 11.3. The molecule has 1 aromatic carbocycles. The van der Waals surface area contributed by atoms with Crippen molar-refractivity contribution in [2.45, 2.75) is 25.8 Å². The Morgan fingerprint density at radius 1 is 1.33 bits per heavy atom. The van der Waals surface area contributed by atoms with Crippen molar-refractivity contribution in [3.63, 3.8) is 0 Å². The van der Waals surface area contributed by atoms with E-state index < -0.39 is 16.4 Å². The van der Waals surface area contributed by atoms with Crippen molar-refractivity contribution in [2.24, 2.45) is 4.36 Å². The summed E-state index contributed by atoms with van der Waals surface area (Å²) in [6, 6.07) is 6.66. The maximum atomic E-state index is 13.0. The van der Waals surface area contributed by atoms with Crippen molar-refractivity contribution in [1.29, 1.82) is 0 Å². The second-order valence-corrected chi connectivity index (χ2v) is 6.29. The highest BCUT2D eigenvalue weighted by Crippen LogP contribution is 2.23. The molecule has 1 atom stereocenters. The molecular weight excluding hydrogens is 350 g/mol. The highest BCUT2D eigenvalue weighted by atomic mass is 32.2. The minimum Gasteiger partial charge on any atom is -0.497 e. The lowest BCUT2D eigenvalue weighted by atomic mass is 9.97. The molecule has 0 aliphatic carbocycles. The van der Waals surface area contributed by atoms with Gasteiger partial charge >= 0.3 is 10.5 Å². The molecule has 1 N–H and O–H groups in total. The van der Waals surface area contributed by atoms with Crippen molar-refractivity contribution in [3.8, 4) is 5.75 Å². The number of carbonyl (C=O) groups is 1. The van der Waals surface area contributed by atoms with Crippen LogP contribution in [-0.4, -0.2) is 51.1 Å². The Hall–Kier alpha value is -2.00. The van der Waals surface area contributed by atoms with Crippen LogP contribution in [-0.2, 0) is 15.3 Å². The van der Waals surface area contributed by atoms with Gasteiger partial charge in [0.1, 0.15) is 5.75 Å². The number of amides is 1. The number of ether oxygens (including phenoxy) is 1. The lowest BCUT2D eigenvalue weighted by Gasteiger charge is -2.30. The molecule has 0 bridgehead atoms. The van der Waals surface area contributed by atoms with Crippen molar-refractivity contribution in [3.05, 3.63) is 29.8 Å². The second-order valence-electron chi connectivity index (χ2n) is 5.21. The first-order valence-electron chi connectivity index (χ1n) is 7.27. The molecule has 1 aromatic rings. The van der Waals surface area contributed by atoms with E-state index in [9.17, 15) is 13.2 Å². The van der Waals surface area contributed by atoms with Gasteiger partial charge in [-0.25, -0.2) is 0 Å².